The van der Waals surface area contributed by atoms with Gasteiger partial charge >= 0.3 is 5.97 Å². The first-order chi connectivity index (χ1) is 20.1. The molecule has 0 amide bonds. The monoisotopic (exact) mass is 597 g/mol. The Morgan fingerprint density at radius 2 is 1.72 bits per heavy atom. The zero-order valence-corrected chi connectivity index (χ0v) is 28.8. The number of ether oxygens (including phenoxy) is 2. The molecule has 5 aliphatic carbocycles. The molecule has 4 saturated carbocycles. The lowest BCUT2D eigenvalue weighted by Crippen LogP contribution is -2.69. The normalized spacial score (nSPS) is 49.7. The Labute approximate surface area is 262 Å². The van der Waals surface area contributed by atoms with E-state index in [0.717, 1.165) is 58.2 Å². The topological polar surface area (TPSA) is 81.8 Å². The lowest BCUT2D eigenvalue weighted by atomic mass is 9.34. The molecule has 2 bridgehead atoms. The summed E-state index contributed by atoms with van der Waals surface area (Å²) >= 11 is 0. The fourth-order valence-electron chi connectivity index (χ4n) is 13.0. The summed E-state index contributed by atoms with van der Waals surface area (Å²) in [6.07, 6.45) is 15.0. The minimum Gasteiger partial charge on any atom is -0.481 e. The molecule has 11 atom stereocenters. The quantitative estimate of drug-likeness (QED) is 0.301. The minimum absolute atomic E-state index is 0.0319. The third-order valence-electron chi connectivity index (χ3n) is 15.8. The summed E-state index contributed by atoms with van der Waals surface area (Å²) in [5.74, 6) is 1.30. The number of fused-ring (bicyclic) bond motifs is 3. The lowest BCUT2D eigenvalue weighted by molar-refractivity contribution is -0.253. The summed E-state index contributed by atoms with van der Waals surface area (Å²) in [7, 11) is 0. The zero-order chi connectivity index (χ0) is 31.2. The van der Waals surface area contributed by atoms with E-state index in [1.807, 2.05) is 0 Å². The van der Waals surface area contributed by atoms with Crippen molar-refractivity contribution in [2.24, 2.45) is 68.3 Å². The van der Waals surface area contributed by atoms with Crippen LogP contribution in [0.15, 0.2) is 11.6 Å². The molecule has 0 aromatic heterocycles. The van der Waals surface area contributed by atoms with Gasteiger partial charge in [-0.15, -0.1) is 0 Å². The van der Waals surface area contributed by atoms with Crippen molar-refractivity contribution in [1.82, 2.24) is 0 Å². The molecule has 6 aliphatic rings. The summed E-state index contributed by atoms with van der Waals surface area (Å²) in [6, 6.07) is 0. The number of hydrogen-bond donors (Lipinski definition) is 2. The van der Waals surface area contributed by atoms with E-state index >= 15 is 0 Å². The van der Waals surface area contributed by atoms with Crippen LogP contribution in [0.4, 0.5) is 0 Å². The van der Waals surface area contributed by atoms with E-state index in [9.17, 15) is 9.90 Å². The average Bonchev–Trinajstić information content (AvgIpc) is 2.93. The van der Waals surface area contributed by atoms with E-state index in [1.54, 1.807) is 5.57 Å². The van der Waals surface area contributed by atoms with Crippen LogP contribution < -0.4 is 5.73 Å². The van der Waals surface area contributed by atoms with Crippen LogP contribution in [0.5, 0.6) is 0 Å². The highest BCUT2D eigenvalue weighted by molar-refractivity contribution is 5.73. The fourth-order valence-corrected chi connectivity index (χ4v) is 13.0. The van der Waals surface area contributed by atoms with Gasteiger partial charge < -0.3 is 20.3 Å². The van der Waals surface area contributed by atoms with Gasteiger partial charge in [0.05, 0.1) is 31.8 Å². The van der Waals surface area contributed by atoms with Crippen molar-refractivity contribution in [2.45, 2.75) is 138 Å². The molecular weight excluding hydrogens is 534 g/mol. The largest absolute Gasteiger partial charge is 0.481 e. The van der Waals surface area contributed by atoms with Crippen LogP contribution in [0.1, 0.15) is 126 Å². The number of hydrogen-bond acceptors (Lipinski definition) is 4. The van der Waals surface area contributed by atoms with E-state index < -0.39 is 5.97 Å². The van der Waals surface area contributed by atoms with E-state index in [2.05, 4.69) is 61.5 Å². The Morgan fingerprint density at radius 3 is 2.37 bits per heavy atom. The summed E-state index contributed by atoms with van der Waals surface area (Å²) in [4.78, 5) is 13.3. The maximum atomic E-state index is 13.3. The smallest absolute Gasteiger partial charge is 0.307 e. The van der Waals surface area contributed by atoms with Gasteiger partial charge in [-0.2, -0.15) is 0 Å². The second kappa shape index (κ2) is 10.6. The van der Waals surface area contributed by atoms with Crippen molar-refractivity contribution in [3.63, 3.8) is 0 Å². The summed E-state index contributed by atoms with van der Waals surface area (Å²) in [5, 5.41) is 10.9. The number of aliphatic carboxylic acids is 1. The number of carboxylic acid groups (broad SMARTS) is 1. The van der Waals surface area contributed by atoms with Gasteiger partial charge in [-0.05, 0) is 97.2 Å². The van der Waals surface area contributed by atoms with Gasteiger partial charge in [0.25, 0.3) is 0 Å². The second-order valence-electron chi connectivity index (χ2n) is 18.2. The fraction of sp³-hybridized carbons (Fsp3) is 0.921. The molecule has 0 unspecified atom stereocenters. The summed E-state index contributed by atoms with van der Waals surface area (Å²) in [6.45, 7) is 21.1. The molecule has 1 aliphatic heterocycles. The third kappa shape index (κ3) is 4.43. The van der Waals surface area contributed by atoms with Crippen LogP contribution in [0.2, 0.25) is 0 Å². The maximum Gasteiger partial charge on any atom is 0.307 e. The van der Waals surface area contributed by atoms with Crippen molar-refractivity contribution in [3.05, 3.63) is 11.6 Å². The molecule has 0 aromatic rings. The van der Waals surface area contributed by atoms with Gasteiger partial charge in [0, 0.05) is 16.4 Å². The van der Waals surface area contributed by atoms with Crippen molar-refractivity contribution in [3.8, 4) is 0 Å². The third-order valence-corrected chi connectivity index (χ3v) is 15.8. The van der Waals surface area contributed by atoms with Crippen LogP contribution in [-0.4, -0.2) is 42.5 Å². The molecule has 43 heavy (non-hydrogen) atoms. The molecule has 1 saturated heterocycles. The molecule has 244 valence electrons. The molecule has 3 N–H and O–H groups in total. The van der Waals surface area contributed by atoms with Crippen molar-refractivity contribution < 1.29 is 19.4 Å². The predicted octanol–water partition coefficient (Wildman–Crippen LogP) is 8.26. The Kier molecular flexibility index (Phi) is 7.87. The summed E-state index contributed by atoms with van der Waals surface area (Å²) < 4.78 is 13.6. The van der Waals surface area contributed by atoms with Crippen molar-refractivity contribution >= 4 is 5.97 Å². The standard InChI is InChI=1S/C38H63NO4/c1-24(2)26(4)33(5)18-19-35(7)27-12-13-29-34(6)21-42-23-38(29,28(27)14-17-36(35,8)30(33)32(40)41)20-25(3)31(34)43-22-37(39)15-10-9-11-16-37/h14,24-27,29-31H,9-13,15-23,39H2,1-8H3,(H,40,41)/t25-,26-,27+,29+,30-,31+,33-,34-,35-,36+,38+/m1/s1. The molecule has 5 nitrogen and oxygen atoms in total. The molecule has 6 rings (SSSR count). The predicted molar refractivity (Wildman–Crippen MR) is 172 cm³/mol. The van der Waals surface area contributed by atoms with Crippen LogP contribution in [0.3, 0.4) is 0 Å². The highest BCUT2D eigenvalue weighted by atomic mass is 16.5. The second-order valence-corrected chi connectivity index (χ2v) is 18.2. The summed E-state index contributed by atoms with van der Waals surface area (Å²) in [5.41, 5.74) is 7.83. The number of nitrogens with two attached hydrogens (primary N) is 1. The van der Waals surface area contributed by atoms with Crippen molar-refractivity contribution in [2.75, 3.05) is 19.8 Å². The minimum atomic E-state index is -0.581. The molecule has 0 radical (unpaired) electrons. The molecule has 1 heterocycles. The lowest BCUT2D eigenvalue weighted by Gasteiger charge is -2.71. The highest BCUT2D eigenvalue weighted by Gasteiger charge is 2.71. The van der Waals surface area contributed by atoms with Gasteiger partial charge in [-0.1, -0.05) is 86.3 Å². The number of carboxylic acids is 1. The molecule has 5 heteroatoms. The van der Waals surface area contributed by atoms with E-state index in [-0.39, 0.29) is 44.6 Å². The first-order valence-electron chi connectivity index (χ1n) is 18.0. The number of rotatable bonds is 6. The van der Waals surface area contributed by atoms with E-state index in [0.29, 0.717) is 36.2 Å². The zero-order valence-electron chi connectivity index (χ0n) is 28.8. The average molecular weight is 598 g/mol. The van der Waals surface area contributed by atoms with Gasteiger partial charge in [-0.25, -0.2) is 0 Å². The van der Waals surface area contributed by atoms with E-state index in [4.69, 9.17) is 15.2 Å². The van der Waals surface area contributed by atoms with Crippen LogP contribution in [0, 0.1) is 62.6 Å². The first-order valence-corrected chi connectivity index (χ1v) is 18.0. The Morgan fingerprint density at radius 1 is 1.02 bits per heavy atom. The van der Waals surface area contributed by atoms with Crippen molar-refractivity contribution in [1.29, 1.82) is 0 Å². The Balaban J connectivity index is 1.34. The first kappa shape index (κ1) is 32.0. The van der Waals surface area contributed by atoms with Gasteiger partial charge in [-0.3, -0.25) is 4.79 Å². The SMILES string of the molecule is CC(C)[C@@H](C)[C@@]1(C)CC[C@]2(C)[C@H]3CC[C@@H]4[C@@]5(COC[C@@]4(C)[C@@H](OCC4(N)CCCCC4)[C@H](C)C5)C3=CC[C@@]2(C)[C@@H]1C(=O)O. The van der Waals surface area contributed by atoms with Gasteiger partial charge in [0.2, 0.25) is 0 Å². The molecule has 0 spiro atoms. The van der Waals surface area contributed by atoms with Crippen LogP contribution in [-0.2, 0) is 14.3 Å². The molecule has 0 aromatic carbocycles. The number of allylic oxidation sites excluding steroid dienone is 1. The Bertz CT molecular complexity index is 1130. The van der Waals surface area contributed by atoms with E-state index in [1.165, 1.54) is 25.7 Å². The maximum absolute atomic E-state index is 13.3. The van der Waals surface area contributed by atoms with Gasteiger partial charge in [0.15, 0.2) is 0 Å². The Hall–Kier alpha value is -0.910. The molecule has 5 fully saturated rings. The highest BCUT2D eigenvalue weighted by Crippen LogP contribution is 2.75. The van der Waals surface area contributed by atoms with Crippen LogP contribution in [0.25, 0.3) is 0 Å². The van der Waals surface area contributed by atoms with Crippen LogP contribution >= 0.6 is 0 Å². The number of carbonyl (C=O) groups is 1. The molecular formula is C38H63NO4. The van der Waals surface area contributed by atoms with Gasteiger partial charge in [0.1, 0.15) is 0 Å².